The smallest absolute Gasteiger partial charge is 0.328 e. The van der Waals surface area contributed by atoms with Gasteiger partial charge in [0.2, 0.25) is 0 Å². The number of nitrogens with two attached hydrogens (primary N) is 1. The van der Waals surface area contributed by atoms with Crippen LogP contribution in [-0.2, 0) is 12.7 Å². The quantitative estimate of drug-likeness (QED) is 0.874. The normalized spacial score (nSPS) is 24.4. The Morgan fingerprint density at radius 2 is 1.94 bits per heavy atom. The first-order valence-electron chi connectivity index (χ1n) is 6.11. The van der Waals surface area contributed by atoms with Crippen LogP contribution in [0.3, 0.4) is 0 Å². The third-order valence-electron chi connectivity index (χ3n) is 3.38. The summed E-state index contributed by atoms with van der Waals surface area (Å²) in [4.78, 5) is 0. The van der Waals surface area contributed by atoms with Crippen molar-refractivity contribution in [2.24, 2.45) is 5.73 Å². The standard InChI is InChI=1S/C13H17F3N2/c14-13(15,16)12-4-2-1-3-9(12)8-18-11-6-5-10(17)7-11/h1-4,10-11,18H,5-8,17H2. The molecule has 1 saturated carbocycles. The Labute approximate surface area is 104 Å². The lowest BCUT2D eigenvalue weighted by Gasteiger charge is -2.16. The molecule has 1 aromatic carbocycles. The highest BCUT2D eigenvalue weighted by molar-refractivity contribution is 5.29. The molecular weight excluding hydrogens is 241 g/mol. The van der Waals surface area contributed by atoms with E-state index in [1.807, 2.05) is 0 Å². The number of alkyl halides is 3. The van der Waals surface area contributed by atoms with Crippen LogP contribution in [0.15, 0.2) is 24.3 Å². The maximum absolute atomic E-state index is 12.8. The summed E-state index contributed by atoms with van der Waals surface area (Å²) in [5, 5.41) is 3.16. The van der Waals surface area contributed by atoms with Gasteiger partial charge in [0.15, 0.2) is 0 Å². The summed E-state index contributed by atoms with van der Waals surface area (Å²) >= 11 is 0. The van der Waals surface area contributed by atoms with E-state index in [9.17, 15) is 13.2 Å². The average molecular weight is 258 g/mol. The molecule has 1 aliphatic rings. The fourth-order valence-corrected chi connectivity index (χ4v) is 2.41. The molecule has 1 aromatic rings. The van der Waals surface area contributed by atoms with E-state index < -0.39 is 11.7 Å². The van der Waals surface area contributed by atoms with Crippen LogP contribution in [0.25, 0.3) is 0 Å². The fourth-order valence-electron chi connectivity index (χ4n) is 2.41. The van der Waals surface area contributed by atoms with Gasteiger partial charge in [-0.25, -0.2) is 0 Å². The summed E-state index contributed by atoms with van der Waals surface area (Å²) in [5.74, 6) is 0. The average Bonchev–Trinajstić information content (AvgIpc) is 2.72. The second-order valence-corrected chi connectivity index (χ2v) is 4.81. The number of nitrogens with one attached hydrogen (secondary N) is 1. The third kappa shape index (κ3) is 3.23. The van der Waals surface area contributed by atoms with E-state index in [1.54, 1.807) is 6.07 Å². The van der Waals surface area contributed by atoms with Gasteiger partial charge in [-0.05, 0) is 30.9 Å². The van der Waals surface area contributed by atoms with Crippen LogP contribution in [0.1, 0.15) is 30.4 Å². The van der Waals surface area contributed by atoms with Crippen molar-refractivity contribution in [3.63, 3.8) is 0 Å². The second-order valence-electron chi connectivity index (χ2n) is 4.81. The van der Waals surface area contributed by atoms with Crippen molar-refractivity contribution in [2.75, 3.05) is 0 Å². The Balaban J connectivity index is 2.01. The van der Waals surface area contributed by atoms with Gasteiger partial charge in [-0.15, -0.1) is 0 Å². The molecule has 3 N–H and O–H groups in total. The van der Waals surface area contributed by atoms with Crippen LogP contribution >= 0.6 is 0 Å². The summed E-state index contributed by atoms with van der Waals surface area (Å²) in [6.07, 6.45) is -1.56. The van der Waals surface area contributed by atoms with Crippen LogP contribution < -0.4 is 11.1 Å². The Bertz CT molecular complexity index is 403. The minimum Gasteiger partial charge on any atom is -0.328 e. The minimum atomic E-state index is -4.29. The molecule has 0 spiro atoms. The van der Waals surface area contributed by atoms with Gasteiger partial charge in [-0.1, -0.05) is 18.2 Å². The molecule has 0 radical (unpaired) electrons. The van der Waals surface area contributed by atoms with E-state index in [2.05, 4.69) is 5.32 Å². The highest BCUT2D eigenvalue weighted by atomic mass is 19.4. The molecule has 0 aliphatic heterocycles. The van der Waals surface area contributed by atoms with Gasteiger partial charge in [-0.2, -0.15) is 13.2 Å². The lowest BCUT2D eigenvalue weighted by Crippen LogP contribution is -2.28. The number of benzene rings is 1. The molecule has 2 nitrogen and oxygen atoms in total. The molecule has 0 bridgehead atoms. The predicted octanol–water partition coefficient (Wildman–Crippen LogP) is 2.67. The Morgan fingerprint density at radius 3 is 2.56 bits per heavy atom. The monoisotopic (exact) mass is 258 g/mol. The first-order valence-corrected chi connectivity index (χ1v) is 6.11. The van der Waals surface area contributed by atoms with Crippen molar-refractivity contribution in [3.8, 4) is 0 Å². The van der Waals surface area contributed by atoms with E-state index in [-0.39, 0.29) is 18.6 Å². The summed E-state index contributed by atoms with van der Waals surface area (Å²) in [6, 6.07) is 6.11. The summed E-state index contributed by atoms with van der Waals surface area (Å²) in [7, 11) is 0. The largest absolute Gasteiger partial charge is 0.416 e. The molecule has 1 fully saturated rings. The van der Waals surface area contributed by atoms with E-state index in [0.29, 0.717) is 5.56 Å². The summed E-state index contributed by atoms with van der Waals surface area (Å²) in [5.41, 5.74) is 5.51. The number of hydrogen-bond acceptors (Lipinski definition) is 2. The molecule has 0 aromatic heterocycles. The van der Waals surface area contributed by atoms with Gasteiger partial charge < -0.3 is 11.1 Å². The summed E-state index contributed by atoms with van der Waals surface area (Å²) in [6.45, 7) is 0.243. The van der Waals surface area contributed by atoms with Crippen molar-refractivity contribution < 1.29 is 13.2 Å². The van der Waals surface area contributed by atoms with Crippen LogP contribution in [-0.4, -0.2) is 12.1 Å². The molecule has 18 heavy (non-hydrogen) atoms. The zero-order valence-corrected chi connectivity index (χ0v) is 10.0. The van der Waals surface area contributed by atoms with Gasteiger partial charge in [0.1, 0.15) is 0 Å². The van der Waals surface area contributed by atoms with Crippen molar-refractivity contribution in [1.82, 2.24) is 5.32 Å². The van der Waals surface area contributed by atoms with Crippen molar-refractivity contribution in [1.29, 1.82) is 0 Å². The predicted molar refractivity (Wildman–Crippen MR) is 63.9 cm³/mol. The van der Waals surface area contributed by atoms with Crippen LogP contribution in [0.2, 0.25) is 0 Å². The van der Waals surface area contributed by atoms with E-state index in [1.165, 1.54) is 12.1 Å². The SMILES string of the molecule is NC1CCC(NCc2ccccc2C(F)(F)F)C1. The molecule has 5 heteroatoms. The van der Waals surface area contributed by atoms with E-state index >= 15 is 0 Å². The van der Waals surface area contributed by atoms with Gasteiger partial charge in [0.25, 0.3) is 0 Å². The molecule has 0 amide bonds. The zero-order chi connectivity index (χ0) is 13.2. The fraction of sp³-hybridized carbons (Fsp3) is 0.538. The molecule has 0 heterocycles. The second kappa shape index (κ2) is 5.28. The maximum Gasteiger partial charge on any atom is 0.416 e. The molecule has 0 saturated heterocycles. The molecule has 100 valence electrons. The molecular formula is C13H17F3N2. The highest BCUT2D eigenvalue weighted by Crippen LogP contribution is 2.32. The van der Waals surface area contributed by atoms with E-state index in [0.717, 1.165) is 25.3 Å². The van der Waals surface area contributed by atoms with Crippen LogP contribution in [0.4, 0.5) is 13.2 Å². The molecule has 2 atom stereocenters. The first-order chi connectivity index (χ1) is 8.47. The maximum atomic E-state index is 12.8. The Hall–Kier alpha value is -1.07. The minimum absolute atomic E-state index is 0.181. The third-order valence-corrected chi connectivity index (χ3v) is 3.38. The van der Waals surface area contributed by atoms with Gasteiger partial charge in [0, 0.05) is 18.6 Å². The van der Waals surface area contributed by atoms with Gasteiger partial charge >= 0.3 is 6.18 Å². The van der Waals surface area contributed by atoms with E-state index in [4.69, 9.17) is 5.73 Å². The molecule has 1 aliphatic carbocycles. The lowest BCUT2D eigenvalue weighted by molar-refractivity contribution is -0.138. The number of rotatable bonds is 3. The first kappa shape index (κ1) is 13.4. The molecule has 2 rings (SSSR count). The van der Waals surface area contributed by atoms with Crippen molar-refractivity contribution in [2.45, 2.75) is 44.1 Å². The highest BCUT2D eigenvalue weighted by Gasteiger charge is 2.33. The van der Waals surface area contributed by atoms with Crippen LogP contribution in [0.5, 0.6) is 0 Å². The van der Waals surface area contributed by atoms with Gasteiger partial charge in [0.05, 0.1) is 5.56 Å². The van der Waals surface area contributed by atoms with Gasteiger partial charge in [-0.3, -0.25) is 0 Å². The van der Waals surface area contributed by atoms with Crippen LogP contribution in [0, 0.1) is 0 Å². The van der Waals surface area contributed by atoms with Crippen molar-refractivity contribution >= 4 is 0 Å². The topological polar surface area (TPSA) is 38.0 Å². The summed E-state index contributed by atoms with van der Waals surface area (Å²) < 4.78 is 38.3. The molecule has 2 unspecified atom stereocenters. The number of hydrogen-bond donors (Lipinski definition) is 2. The number of halogens is 3. The van der Waals surface area contributed by atoms with Crippen molar-refractivity contribution in [3.05, 3.63) is 35.4 Å². The Kier molecular flexibility index (Phi) is 3.92. The zero-order valence-electron chi connectivity index (χ0n) is 10.0. The lowest BCUT2D eigenvalue weighted by atomic mass is 10.1. The Morgan fingerprint density at radius 1 is 1.22 bits per heavy atom.